The molecule has 3 aromatic carbocycles. The lowest BCUT2D eigenvalue weighted by molar-refractivity contribution is -0.111. The van der Waals surface area contributed by atoms with Crippen molar-refractivity contribution in [1.29, 1.82) is 0 Å². The normalized spacial score (nSPS) is 10.7. The predicted molar refractivity (Wildman–Crippen MR) is 118 cm³/mol. The Morgan fingerprint density at radius 3 is 2.32 bits per heavy atom. The average molecular weight is 410 g/mol. The molecule has 0 atom stereocenters. The number of carbonyl (C=O) groups excluding carboxylic acids is 2. The molecule has 31 heavy (non-hydrogen) atoms. The number of anilines is 2. The zero-order valence-corrected chi connectivity index (χ0v) is 16.4. The number of benzene rings is 3. The topological polar surface area (TPSA) is 97.1 Å². The van der Waals surface area contributed by atoms with Gasteiger partial charge in [0.05, 0.1) is 0 Å². The van der Waals surface area contributed by atoms with E-state index in [4.69, 9.17) is 4.42 Å². The molecule has 7 nitrogen and oxygen atoms in total. The molecule has 0 aliphatic heterocycles. The fourth-order valence-electron chi connectivity index (χ4n) is 2.80. The van der Waals surface area contributed by atoms with Gasteiger partial charge in [-0.3, -0.25) is 14.9 Å². The number of amides is 2. The maximum atomic E-state index is 12.5. The van der Waals surface area contributed by atoms with E-state index < -0.39 is 5.91 Å². The van der Waals surface area contributed by atoms with Crippen LogP contribution in [0, 0.1) is 0 Å². The van der Waals surface area contributed by atoms with Gasteiger partial charge in [-0.05, 0) is 42.0 Å². The van der Waals surface area contributed by atoms with Gasteiger partial charge >= 0.3 is 6.01 Å². The summed E-state index contributed by atoms with van der Waals surface area (Å²) in [6.45, 7) is 0. The Hall–Kier alpha value is -4.52. The van der Waals surface area contributed by atoms with Crippen molar-refractivity contribution >= 4 is 29.6 Å². The van der Waals surface area contributed by atoms with Crippen molar-refractivity contribution in [3.8, 4) is 11.5 Å². The molecule has 0 fully saturated rings. The van der Waals surface area contributed by atoms with Crippen LogP contribution in [0.3, 0.4) is 0 Å². The first-order chi connectivity index (χ1) is 15.2. The van der Waals surface area contributed by atoms with Gasteiger partial charge in [0.1, 0.15) is 0 Å². The maximum Gasteiger partial charge on any atom is 0.322 e. The van der Waals surface area contributed by atoms with Crippen LogP contribution in [0.5, 0.6) is 0 Å². The third-order valence-corrected chi connectivity index (χ3v) is 4.29. The molecule has 4 aromatic rings. The van der Waals surface area contributed by atoms with Crippen molar-refractivity contribution in [3.63, 3.8) is 0 Å². The van der Waals surface area contributed by atoms with E-state index in [1.807, 2.05) is 60.7 Å². The number of aromatic nitrogens is 2. The molecule has 0 radical (unpaired) electrons. The van der Waals surface area contributed by atoms with Crippen molar-refractivity contribution in [2.24, 2.45) is 0 Å². The minimum absolute atomic E-state index is 0.0101. The molecule has 4 rings (SSSR count). The van der Waals surface area contributed by atoms with E-state index in [1.165, 1.54) is 6.08 Å². The van der Waals surface area contributed by atoms with Crippen LogP contribution in [0.25, 0.3) is 17.5 Å². The summed E-state index contributed by atoms with van der Waals surface area (Å²) in [5.74, 6) is -0.424. The Morgan fingerprint density at radius 2 is 1.55 bits per heavy atom. The quantitative estimate of drug-likeness (QED) is 0.451. The summed E-state index contributed by atoms with van der Waals surface area (Å²) in [7, 11) is 0. The first-order valence-corrected chi connectivity index (χ1v) is 9.52. The van der Waals surface area contributed by atoms with E-state index in [0.717, 1.165) is 11.1 Å². The summed E-state index contributed by atoms with van der Waals surface area (Å²) in [6, 6.07) is 25.3. The number of hydrogen-bond acceptors (Lipinski definition) is 5. The second kappa shape index (κ2) is 9.32. The number of carbonyl (C=O) groups is 2. The van der Waals surface area contributed by atoms with Crippen LogP contribution in [0.4, 0.5) is 11.7 Å². The standard InChI is InChI=1S/C24H18N4O3/c29-21(15-14-17-8-3-1-4-9-17)25-20-13-7-12-19(16-20)22(30)26-24-28-27-23(31-24)18-10-5-2-6-11-18/h1-16H,(H,25,29)(H,26,28,30)/b15-14+. The summed E-state index contributed by atoms with van der Waals surface area (Å²) in [6.07, 6.45) is 3.15. The third-order valence-electron chi connectivity index (χ3n) is 4.29. The van der Waals surface area contributed by atoms with Gasteiger partial charge in [-0.2, -0.15) is 0 Å². The van der Waals surface area contributed by atoms with Gasteiger partial charge < -0.3 is 9.73 Å². The molecule has 1 aromatic heterocycles. The molecule has 0 unspecified atom stereocenters. The highest BCUT2D eigenvalue weighted by atomic mass is 16.4. The first kappa shape index (κ1) is 19.8. The second-order valence-electron chi connectivity index (χ2n) is 6.55. The molecule has 0 spiro atoms. The van der Waals surface area contributed by atoms with Crippen molar-refractivity contribution in [2.45, 2.75) is 0 Å². The van der Waals surface area contributed by atoms with E-state index in [-0.39, 0.29) is 11.9 Å². The lowest BCUT2D eigenvalue weighted by atomic mass is 10.2. The van der Waals surface area contributed by atoms with Gasteiger partial charge in [0.15, 0.2) is 0 Å². The van der Waals surface area contributed by atoms with Gasteiger partial charge in [-0.1, -0.05) is 59.7 Å². The van der Waals surface area contributed by atoms with E-state index in [2.05, 4.69) is 20.8 Å². The predicted octanol–water partition coefficient (Wildman–Crippen LogP) is 4.64. The van der Waals surface area contributed by atoms with Crippen LogP contribution < -0.4 is 10.6 Å². The highest BCUT2D eigenvalue weighted by Gasteiger charge is 2.13. The monoisotopic (exact) mass is 410 g/mol. The smallest absolute Gasteiger partial charge is 0.322 e. The van der Waals surface area contributed by atoms with E-state index in [0.29, 0.717) is 17.1 Å². The summed E-state index contributed by atoms with van der Waals surface area (Å²) in [4.78, 5) is 24.7. The van der Waals surface area contributed by atoms with E-state index >= 15 is 0 Å². The minimum atomic E-state index is -0.431. The molecule has 2 N–H and O–H groups in total. The summed E-state index contributed by atoms with van der Waals surface area (Å²) in [5, 5.41) is 13.1. The second-order valence-corrected chi connectivity index (χ2v) is 6.55. The molecule has 0 aliphatic rings. The number of nitrogens with one attached hydrogen (secondary N) is 2. The van der Waals surface area contributed by atoms with Crippen LogP contribution in [0.1, 0.15) is 15.9 Å². The fraction of sp³-hybridized carbons (Fsp3) is 0. The van der Waals surface area contributed by atoms with Gasteiger partial charge in [0, 0.05) is 22.9 Å². The van der Waals surface area contributed by atoms with Crippen molar-refractivity contribution in [3.05, 3.63) is 102 Å². The van der Waals surface area contributed by atoms with Crippen LogP contribution in [0.2, 0.25) is 0 Å². The van der Waals surface area contributed by atoms with Gasteiger partial charge in [0.2, 0.25) is 11.8 Å². The molecule has 152 valence electrons. The molecule has 1 heterocycles. The minimum Gasteiger partial charge on any atom is -0.403 e. The molecule has 0 saturated heterocycles. The average Bonchev–Trinajstić information content (AvgIpc) is 3.28. The third kappa shape index (κ3) is 5.30. The molecule has 0 aliphatic carbocycles. The van der Waals surface area contributed by atoms with Crippen LogP contribution in [-0.4, -0.2) is 22.0 Å². The SMILES string of the molecule is O=C(/C=C/c1ccccc1)Nc1cccc(C(=O)Nc2nnc(-c3ccccc3)o2)c1. The largest absolute Gasteiger partial charge is 0.403 e. The lowest BCUT2D eigenvalue weighted by Crippen LogP contribution is -2.13. The molecule has 0 saturated carbocycles. The molecule has 0 bridgehead atoms. The van der Waals surface area contributed by atoms with Crippen LogP contribution >= 0.6 is 0 Å². The first-order valence-electron chi connectivity index (χ1n) is 9.52. The Morgan fingerprint density at radius 1 is 0.806 bits per heavy atom. The van der Waals surface area contributed by atoms with Gasteiger partial charge in [0.25, 0.3) is 5.91 Å². The zero-order chi connectivity index (χ0) is 21.5. The summed E-state index contributed by atoms with van der Waals surface area (Å²) in [5.41, 5.74) is 2.50. The maximum absolute atomic E-state index is 12.5. The molecular formula is C24H18N4O3. The van der Waals surface area contributed by atoms with Crippen LogP contribution in [-0.2, 0) is 4.79 Å². The molecular weight excluding hydrogens is 392 g/mol. The van der Waals surface area contributed by atoms with Gasteiger partial charge in [-0.25, -0.2) is 0 Å². The van der Waals surface area contributed by atoms with Crippen molar-refractivity contribution in [1.82, 2.24) is 10.2 Å². The van der Waals surface area contributed by atoms with E-state index in [9.17, 15) is 9.59 Å². The Bertz CT molecular complexity index is 1220. The number of rotatable bonds is 6. The highest BCUT2D eigenvalue weighted by molar-refractivity contribution is 6.05. The zero-order valence-electron chi connectivity index (χ0n) is 16.4. The fourth-order valence-corrected chi connectivity index (χ4v) is 2.80. The van der Waals surface area contributed by atoms with Crippen LogP contribution in [0.15, 0.2) is 95.4 Å². The highest BCUT2D eigenvalue weighted by Crippen LogP contribution is 2.20. The number of hydrogen-bond donors (Lipinski definition) is 2. The molecule has 2 amide bonds. The lowest BCUT2D eigenvalue weighted by Gasteiger charge is -2.05. The van der Waals surface area contributed by atoms with E-state index in [1.54, 1.807) is 30.3 Å². The van der Waals surface area contributed by atoms with Gasteiger partial charge in [-0.15, -0.1) is 5.10 Å². The molecule has 7 heteroatoms. The Labute approximate surface area is 178 Å². The summed E-state index contributed by atoms with van der Waals surface area (Å²) < 4.78 is 5.50. The van der Waals surface area contributed by atoms with Crippen molar-refractivity contribution in [2.75, 3.05) is 10.6 Å². The van der Waals surface area contributed by atoms with Crippen molar-refractivity contribution < 1.29 is 14.0 Å². The Kier molecular flexibility index (Phi) is 5.95. The summed E-state index contributed by atoms with van der Waals surface area (Å²) >= 11 is 0. The number of nitrogens with zero attached hydrogens (tertiary/aromatic N) is 2. The Balaban J connectivity index is 1.40.